The van der Waals surface area contributed by atoms with Crippen molar-refractivity contribution in [3.05, 3.63) is 0 Å². The lowest BCUT2D eigenvalue weighted by Crippen LogP contribution is -2.36. The zero-order valence-electron chi connectivity index (χ0n) is 8.71. The summed E-state index contributed by atoms with van der Waals surface area (Å²) in [7, 11) is -3.13. The van der Waals surface area contributed by atoms with Gasteiger partial charge < -0.3 is 9.84 Å². The molecule has 2 atom stereocenters. The van der Waals surface area contributed by atoms with Crippen LogP contribution in [0.25, 0.3) is 0 Å². The second-order valence-corrected chi connectivity index (χ2v) is 5.65. The van der Waals surface area contributed by atoms with Crippen LogP contribution >= 0.6 is 23.2 Å². The van der Waals surface area contributed by atoms with Crippen molar-refractivity contribution in [1.29, 1.82) is 0 Å². The van der Waals surface area contributed by atoms with E-state index in [9.17, 15) is 13.5 Å². The van der Waals surface area contributed by atoms with Gasteiger partial charge in [-0.15, -0.1) is 23.2 Å². The maximum atomic E-state index is 10.6. The van der Waals surface area contributed by atoms with Gasteiger partial charge in [-0.1, -0.05) is 0 Å². The minimum absolute atomic E-state index is 0.0834. The predicted octanol–water partition coefficient (Wildman–Crippen LogP) is -0.0553. The normalized spacial score (nSPS) is 16.4. The fourth-order valence-corrected chi connectivity index (χ4v) is 1.36. The number of alkyl halides is 2. The highest BCUT2D eigenvalue weighted by Gasteiger charge is 2.17. The van der Waals surface area contributed by atoms with E-state index in [1.165, 1.54) is 0 Å². The summed E-state index contributed by atoms with van der Waals surface area (Å²) in [5.41, 5.74) is 0. The molecule has 0 rings (SSSR count). The van der Waals surface area contributed by atoms with E-state index in [1.54, 1.807) is 0 Å². The fourth-order valence-electron chi connectivity index (χ4n) is 0.820. The van der Waals surface area contributed by atoms with Crippen LogP contribution in [0.4, 0.5) is 0 Å². The highest BCUT2D eigenvalue weighted by Crippen LogP contribution is 2.01. The van der Waals surface area contributed by atoms with Crippen LogP contribution in [-0.4, -0.2) is 66.5 Å². The number of rotatable bonds is 8. The molecule has 6 nitrogen and oxygen atoms in total. The molecule has 0 aliphatic carbocycles. The lowest BCUT2D eigenvalue weighted by molar-refractivity contribution is 0.0305. The molecule has 0 unspecified atom stereocenters. The van der Waals surface area contributed by atoms with E-state index in [1.807, 2.05) is 0 Å². The average molecular weight is 296 g/mol. The number of aliphatic hydroxyl groups excluding tert-OH is 1. The van der Waals surface area contributed by atoms with E-state index < -0.39 is 16.4 Å². The third-order valence-corrected chi connectivity index (χ3v) is 3.39. The van der Waals surface area contributed by atoms with Gasteiger partial charge >= 0.3 is 10.3 Å². The van der Waals surface area contributed by atoms with E-state index in [2.05, 4.69) is 0 Å². The summed E-state index contributed by atoms with van der Waals surface area (Å²) in [5.74, 6) is 0.225. The van der Waals surface area contributed by atoms with Gasteiger partial charge in [0, 0.05) is 19.5 Å². The molecule has 9 heteroatoms. The summed E-state index contributed by atoms with van der Waals surface area (Å²) >= 11 is 11.1. The van der Waals surface area contributed by atoms with Gasteiger partial charge in [0.05, 0.1) is 24.7 Å². The molecular weight excluding hydrogens is 281 g/mol. The maximum absolute atomic E-state index is 10.6. The first-order chi connectivity index (χ1) is 7.27. The highest BCUT2D eigenvalue weighted by atomic mass is 35.5. The minimum atomic E-state index is -4.27. The first kappa shape index (κ1) is 16.4. The first-order valence-corrected chi connectivity index (χ1v) is 6.78. The second-order valence-electron chi connectivity index (χ2n) is 3.20. The molecule has 0 aromatic heterocycles. The van der Waals surface area contributed by atoms with Crippen molar-refractivity contribution in [3.8, 4) is 0 Å². The quantitative estimate of drug-likeness (QED) is 0.484. The summed E-state index contributed by atoms with van der Waals surface area (Å²) in [6.07, 6.45) is -1.04. The van der Waals surface area contributed by atoms with Crippen LogP contribution in [0, 0.1) is 0 Å². The third kappa shape index (κ3) is 7.61. The van der Waals surface area contributed by atoms with Crippen molar-refractivity contribution in [2.24, 2.45) is 0 Å². The molecule has 0 aliphatic heterocycles. The van der Waals surface area contributed by atoms with E-state index in [4.69, 9.17) is 32.5 Å². The number of hydrogen-bond acceptors (Lipinski definition) is 4. The molecule has 0 bridgehead atoms. The van der Waals surface area contributed by atoms with Crippen LogP contribution < -0.4 is 0 Å². The fraction of sp³-hybridized carbons (Fsp3) is 1.00. The molecule has 0 aromatic rings. The van der Waals surface area contributed by atoms with Crippen LogP contribution in [-0.2, 0) is 15.0 Å². The minimum Gasteiger partial charge on any atom is -0.389 e. The van der Waals surface area contributed by atoms with Crippen molar-refractivity contribution in [3.63, 3.8) is 0 Å². The Morgan fingerprint density at radius 3 is 2.44 bits per heavy atom. The summed E-state index contributed by atoms with van der Waals surface area (Å²) in [4.78, 5) is 0. The Hall–Kier alpha value is 0.370. The van der Waals surface area contributed by atoms with Crippen LogP contribution in [0.5, 0.6) is 0 Å². The monoisotopic (exact) mass is 295 g/mol. The molecule has 16 heavy (non-hydrogen) atoms. The number of ether oxygens (including phenoxy) is 1. The van der Waals surface area contributed by atoms with Crippen LogP contribution in [0.2, 0.25) is 0 Å². The number of nitrogens with zero attached hydrogens (tertiary/aromatic N) is 1. The largest absolute Gasteiger partial charge is 0.389 e. The van der Waals surface area contributed by atoms with Crippen molar-refractivity contribution in [1.82, 2.24) is 4.31 Å². The zero-order chi connectivity index (χ0) is 12.8. The smallest absolute Gasteiger partial charge is 0.335 e. The molecule has 0 amide bonds. The van der Waals surface area contributed by atoms with Crippen LogP contribution in [0.3, 0.4) is 0 Å². The van der Waals surface area contributed by atoms with Crippen molar-refractivity contribution < 1.29 is 22.8 Å². The van der Waals surface area contributed by atoms with Gasteiger partial charge in [-0.3, -0.25) is 4.55 Å². The summed E-state index contributed by atoms with van der Waals surface area (Å²) in [5, 5.41) is 9.00. The number of halogens is 2. The van der Waals surface area contributed by atoms with Gasteiger partial charge in [0.25, 0.3) is 0 Å². The first-order valence-electron chi connectivity index (χ1n) is 4.42. The number of aliphatic hydroxyl groups is 1. The lowest BCUT2D eigenvalue weighted by Gasteiger charge is -2.17. The second kappa shape index (κ2) is 7.65. The molecule has 0 radical (unpaired) electrons. The van der Waals surface area contributed by atoms with E-state index >= 15 is 0 Å². The lowest BCUT2D eigenvalue weighted by atomic mass is 10.4. The van der Waals surface area contributed by atoms with E-state index in [-0.39, 0.29) is 31.0 Å². The van der Waals surface area contributed by atoms with Crippen LogP contribution in [0.15, 0.2) is 0 Å². The zero-order valence-corrected chi connectivity index (χ0v) is 11.0. The van der Waals surface area contributed by atoms with Crippen molar-refractivity contribution >= 4 is 33.5 Å². The topological polar surface area (TPSA) is 87.1 Å². The van der Waals surface area contributed by atoms with E-state index in [0.717, 1.165) is 7.05 Å². The van der Waals surface area contributed by atoms with Crippen LogP contribution in [0.1, 0.15) is 0 Å². The Morgan fingerprint density at radius 2 is 2.00 bits per heavy atom. The Balaban J connectivity index is 3.79. The summed E-state index contributed by atoms with van der Waals surface area (Å²) in [6.45, 7) is -0.176. The molecule has 98 valence electrons. The summed E-state index contributed by atoms with van der Waals surface area (Å²) in [6, 6.07) is 0. The average Bonchev–Trinajstić information content (AvgIpc) is 2.15. The van der Waals surface area contributed by atoms with E-state index in [0.29, 0.717) is 4.31 Å². The van der Waals surface area contributed by atoms with Gasteiger partial charge in [0.2, 0.25) is 0 Å². The molecule has 2 N–H and O–H groups in total. The molecular formula is C7H15Cl2NO5S. The van der Waals surface area contributed by atoms with Gasteiger partial charge in [-0.05, 0) is 0 Å². The Labute approximate surface area is 105 Å². The molecule has 0 heterocycles. The van der Waals surface area contributed by atoms with Gasteiger partial charge in [-0.25, -0.2) is 0 Å². The molecule has 0 aliphatic rings. The summed E-state index contributed by atoms with van der Waals surface area (Å²) < 4.78 is 35.4. The molecule has 0 saturated carbocycles. The van der Waals surface area contributed by atoms with Gasteiger partial charge in [-0.2, -0.15) is 12.7 Å². The number of hydrogen-bond donors (Lipinski definition) is 2. The molecule has 0 saturated heterocycles. The standard InChI is InChI=1S/C7H15Cl2NO5S/c1-10(16(12,13)14)3-7(11)5-15-4-6(9)2-8/h6-7,11H,2-5H2,1H3,(H,12,13,14)/t6-,7+/m0/s1. The SMILES string of the molecule is CN(C[C@@H](O)COC[C@@H](Cl)CCl)S(=O)(=O)O. The molecule has 0 fully saturated rings. The molecule has 0 spiro atoms. The van der Waals surface area contributed by atoms with Crippen molar-refractivity contribution in [2.45, 2.75) is 11.5 Å². The Kier molecular flexibility index (Phi) is 7.83. The highest BCUT2D eigenvalue weighted by molar-refractivity contribution is 7.83. The van der Waals surface area contributed by atoms with Gasteiger partial charge in [0.1, 0.15) is 0 Å². The maximum Gasteiger partial charge on any atom is 0.335 e. The Bertz CT molecular complexity index is 287. The predicted molar refractivity (Wildman–Crippen MR) is 61.4 cm³/mol. The van der Waals surface area contributed by atoms with Crippen molar-refractivity contribution in [2.75, 3.05) is 32.7 Å². The van der Waals surface area contributed by atoms with Gasteiger partial charge in [0.15, 0.2) is 0 Å². The number of likely N-dealkylation sites (N-methyl/N-ethyl adjacent to an activating group) is 1. The molecule has 0 aromatic carbocycles. The third-order valence-electron chi connectivity index (χ3n) is 1.64. The Morgan fingerprint density at radius 1 is 1.44 bits per heavy atom.